The van der Waals surface area contributed by atoms with Gasteiger partial charge in [-0.25, -0.2) is 4.39 Å². The first-order valence-electron chi connectivity index (χ1n) is 5.79. The van der Waals surface area contributed by atoms with E-state index in [2.05, 4.69) is 10.2 Å². The number of rotatable bonds is 4. The Balaban J connectivity index is 2.50. The molecular formula is C13H14FN3O2. The molecule has 0 radical (unpaired) electrons. The summed E-state index contributed by atoms with van der Waals surface area (Å²) in [7, 11) is 0. The van der Waals surface area contributed by atoms with E-state index in [-0.39, 0.29) is 23.4 Å². The van der Waals surface area contributed by atoms with Crippen LogP contribution in [0.1, 0.15) is 24.3 Å². The van der Waals surface area contributed by atoms with Crippen LogP contribution in [0.3, 0.4) is 0 Å². The van der Waals surface area contributed by atoms with Gasteiger partial charge in [-0.1, -0.05) is 0 Å². The molecule has 0 spiro atoms. The molecule has 19 heavy (non-hydrogen) atoms. The van der Waals surface area contributed by atoms with E-state index in [0.717, 1.165) is 0 Å². The zero-order valence-corrected chi connectivity index (χ0v) is 10.6. The molecule has 0 bridgehead atoms. The number of aromatic nitrogens is 2. The zero-order chi connectivity index (χ0) is 14.0. The highest BCUT2D eigenvalue weighted by Crippen LogP contribution is 2.31. The molecule has 0 aliphatic rings. The predicted octanol–water partition coefficient (Wildman–Crippen LogP) is 2.10. The molecule has 1 amide bonds. The number of primary amides is 1. The van der Waals surface area contributed by atoms with E-state index in [1.807, 2.05) is 13.8 Å². The number of halogens is 1. The van der Waals surface area contributed by atoms with Crippen LogP contribution in [0.15, 0.2) is 24.3 Å². The zero-order valence-electron chi connectivity index (χ0n) is 10.6. The van der Waals surface area contributed by atoms with Crippen molar-refractivity contribution in [1.82, 2.24) is 10.2 Å². The molecule has 0 fully saturated rings. The van der Waals surface area contributed by atoms with Crippen LogP contribution < -0.4 is 10.5 Å². The van der Waals surface area contributed by atoms with Crippen LogP contribution in [0.4, 0.5) is 4.39 Å². The molecule has 0 unspecified atom stereocenters. The van der Waals surface area contributed by atoms with Gasteiger partial charge in [0.2, 0.25) is 0 Å². The lowest BCUT2D eigenvalue weighted by Gasteiger charge is -2.11. The number of hydrogen-bond donors (Lipinski definition) is 2. The average molecular weight is 263 g/mol. The third kappa shape index (κ3) is 2.73. The van der Waals surface area contributed by atoms with Crippen molar-refractivity contribution in [3.8, 4) is 17.0 Å². The van der Waals surface area contributed by atoms with Crippen molar-refractivity contribution in [2.75, 3.05) is 0 Å². The Morgan fingerprint density at radius 3 is 2.53 bits per heavy atom. The number of amides is 1. The van der Waals surface area contributed by atoms with Crippen LogP contribution in [0.5, 0.6) is 5.75 Å². The molecule has 100 valence electrons. The highest BCUT2D eigenvalue weighted by Gasteiger charge is 2.21. The van der Waals surface area contributed by atoms with Crippen LogP contribution in [0, 0.1) is 5.82 Å². The van der Waals surface area contributed by atoms with E-state index in [4.69, 9.17) is 10.5 Å². The standard InChI is InChI=1S/C13H14FN3O2/c1-7(2)19-12-10(16-17-11(12)13(15)18)8-3-5-9(14)6-4-8/h3-7H,1-2H3,(H2,15,18)(H,16,17). The minimum absolute atomic E-state index is 0.0352. The first kappa shape index (κ1) is 13.1. The van der Waals surface area contributed by atoms with E-state index >= 15 is 0 Å². The van der Waals surface area contributed by atoms with Gasteiger partial charge in [-0.3, -0.25) is 9.89 Å². The Bertz CT molecular complexity index is 590. The van der Waals surface area contributed by atoms with Gasteiger partial charge in [0.15, 0.2) is 11.4 Å². The second-order valence-corrected chi connectivity index (χ2v) is 4.31. The van der Waals surface area contributed by atoms with E-state index in [1.165, 1.54) is 12.1 Å². The Labute approximate surface area is 109 Å². The Morgan fingerprint density at radius 2 is 2.00 bits per heavy atom. The topological polar surface area (TPSA) is 81.0 Å². The number of nitrogens with one attached hydrogen (secondary N) is 1. The van der Waals surface area contributed by atoms with E-state index in [9.17, 15) is 9.18 Å². The summed E-state index contributed by atoms with van der Waals surface area (Å²) >= 11 is 0. The van der Waals surface area contributed by atoms with Crippen LogP contribution in [-0.2, 0) is 0 Å². The van der Waals surface area contributed by atoms with Crippen molar-refractivity contribution in [2.24, 2.45) is 5.73 Å². The smallest absolute Gasteiger partial charge is 0.273 e. The fraction of sp³-hybridized carbons (Fsp3) is 0.231. The van der Waals surface area contributed by atoms with Gasteiger partial charge < -0.3 is 10.5 Å². The van der Waals surface area contributed by atoms with E-state index < -0.39 is 5.91 Å². The molecule has 0 saturated carbocycles. The first-order valence-corrected chi connectivity index (χ1v) is 5.79. The minimum Gasteiger partial charge on any atom is -0.486 e. The van der Waals surface area contributed by atoms with Crippen molar-refractivity contribution in [3.63, 3.8) is 0 Å². The second-order valence-electron chi connectivity index (χ2n) is 4.31. The maximum atomic E-state index is 12.9. The maximum Gasteiger partial charge on any atom is 0.273 e. The molecule has 1 aromatic heterocycles. The molecule has 2 rings (SSSR count). The quantitative estimate of drug-likeness (QED) is 0.886. The summed E-state index contributed by atoms with van der Waals surface area (Å²) in [4.78, 5) is 11.3. The molecule has 3 N–H and O–H groups in total. The molecule has 1 heterocycles. The van der Waals surface area contributed by atoms with Gasteiger partial charge in [0.1, 0.15) is 11.5 Å². The van der Waals surface area contributed by atoms with Crippen molar-refractivity contribution < 1.29 is 13.9 Å². The minimum atomic E-state index is -0.680. The van der Waals surface area contributed by atoms with Gasteiger partial charge in [0, 0.05) is 5.56 Å². The fourth-order valence-corrected chi connectivity index (χ4v) is 1.66. The lowest BCUT2D eigenvalue weighted by Crippen LogP contribution is -2.15. The van der Waals surface area contributed by atoms with E-state index in [0.29, 0.717) is 11.3 Å². The first-order chi connectivity index (χ1) is 8.99. The average Bonchev–Trinajstić information content (AvgIpc) is 2.73. The normalized spacial score (nSPS) is 10.7. The van der Waals surface area contributed by atoms with Crippen molar-refractivity contribution in [1.29, 1.82) is 0 Å². The Morgan fingerprint density at radius 1 is 1.37 bits per heavy atom. The SMILES string of the molecule is CC(C)Oc1c(C(N)=O)n[nH]c1-c1ccc(F)cc1. The third-order valence-corrected chi connectivity index (χ3v) is 2.44. The number of carbonyl (C=O) groups is 1. The van der Waals surface area contributed by atoms with E-state index in [1.54, 1.807) is 12.1 Å². The highest BCUT2D eigenvalue weighted by molar-refractivity contribution is 5.96. The third-order valence-electron chi connectivity index (χ3n) is 2.44. The summed E-state index contributed by atoms with van der Waals surface area (Å²) in [6, 6.07) is 5.78. The van der Waals surface area contributed by atoms with Crippen molar-refractivity contribution in [2.45, 2.75) is 20.0 Å². The van der Waals surface area contributed by atoms with Gasteiger partial charge in [0.25, 0.3) is 5.91 Å². The van der Waals surface area contributed by atoms with Crippen LogP contribution in [0.2, 0.25) is 0 Å². The van der Waals surface area contributed by atoms with Gasteiger partial charge in [-0.2, -0.15) is 5.10 Å². The molecule has 0 atom stereocenters. The summed E-state index contributed by atoms with van der Waals surface area (Å²) in [6.45, 7) is 3.65. The lowest BCUT2D eigenvalue weighted by atomic mass is 10.1. The Hall–Kier alpha value is -2.37. The number of carbonyl (C=O) groups excluding carboxylic acids is 1. The van der Waals surface area contributed by atoms with Crippen LogP contribution in [0.25, 0.3) is 11.3 Å². The molecule has 2 aromatic rings. The molecule has 0 saturated heterocycles. The molecule has 0 aliphatic carbocycles. The largest absolute Gasteiger partial charge is 0.486 e. The predicted molar refractivity (Wildman–Crippen MR) is 68.3 cm³/mol. The second kappa shape index (κ2) is 5.09. The fourth-order valence-electron chi connectivity index (χ4n) is 1.66. The van der Waals surface area contributed by atoms with Gasteiger partial charge in [-0.05, 0) is 38.1 Å². The Kier molecular flexibility index (Phi) is 3.50. The molecule has 0 aliphatic heterocycles. The van der Waals surface area contributed by atoms with Gasteiger partial charge in [-0.15, -0.1) is 0 Å². The van der Waals surface area contributed by atoms with Crippen LogP contribution >= 0.6 is 0 Å². The van der Waals surface area contributed by atoms with Crippen molar-refractivity contribution >= 4 is 5.91 Å². The lowest BCUT2D eigenvalue weighted by molar-refractivity contribution is 0.0990. The summed E-state index contributed by atoms with van der Waals surface area (Å²) in [5.74, 6) is -0.737. The van der Waals surface area contributed by atoms with Crippen LogP contribution in [-0.4, -0.2) is 22.2 Å². The van der Waals surface area contributed by atoms with Gasteiger partial charge in [0.05, 0.1) is 6.10 Å². The summed E-state index contributed by atoms with van der Waals surface area (Å²) in [5.41, 5.74) is 6.45. The number of H-pyrrole nitrogens is 1. The number of aromatic amines is 1. The molecular weight excluding hydrogens is 249 g/mol. The van der Waals surface area contributed by atoms with Crippen molar-refractivity contribution in [3.05, 3.63) is 35.8 Å². The monoisotopic (exact) mass is 263 g/mol. The molecule has 5 nitrogen and oxygen atoms in total. The number of benzene rings is 1. The number of nitrogens with two attached hydrogens (primary N) is 1. The number of ether oxygens (including phenoxy) is 1. The molecule has 1 aromatic carbocycles. The highest BCUT2D eigenvalue weighted by atomic mass is 19.1. The summed E-state index contributed by atoms with van der Waals surface area (Å²) in [5, 5.41) is 6.55. The molecule has 6 heteroatoms. The summed E-state index contributed by atoms with van der Waals surface area (Å²) < 4.78 is 18.5. The number of hydrogen-bond acceptors (Lipinski definition) is 3. The van der Waals surface area contributed by atoms with Gasteiger partial charge >= 0.3 is 0 Å². The summed E-state index contributed by atoms with van der Waals surface area (Å²) in [6.07, 6.45) is -0.144. The number of nitrogens with zero attached hydrogens (tertiary/aromatic N) is 1. The maximum absolute atomic E-state index is 12.9.